The van der Waals surface area contributed by atoms with Crippen LogP contribution in [0.4, 0.5) is 0 Å². The third kappa shape index (κ3) is 3.31. The fourth-order valence-corrected chi connectivity index (χ4v) is 4.02. The maximum Gasteiger partial charge on any atom is 0.236 e. The summed E-state index contributed by atoms with van der Waals surface area (Å²) in [4.78, 5) is 21.1. The van der Waals surface area contributed by atoms with E-state index >= 15 is 0 Å². The number of imidazole rings is 1. The van der Waals surface area contributed by atoms with Crippen molar-refractivity contribution < 1.29 is 4.79 Å². The zero-order valence-electron chi connectivity index (χ0n) is 14.2. The number of rotatable bonds is 4. The molecule has 0 saturated carbocycles. The van der Waals surface area contributed by atoms with Crippen molar-refractivity contribution in [2.24, 2.45) is 5.92 Å². The van der Waals surface area contributed by atoms with E-state index in [1.54, 1.807) is 0 Å². The van der Waals surface area contributed by atoms with E-state index in [-0.39, 0.29) is 0 Å². The molecule has 0 atom stereocenters. The lowest BCUT2D eigenvalue weighted by Crippen LogP contribution is -2.43. The normalized spacial score (nSPS) is 20.1. The van der Waals surface area contributed by atoms with Gasteiger partial charge in [-0.15, -0.1) is 0 Å². The van der Waals surface area contributed by atoms with E-state index in [9.17, 15) is 4.79 Å². The Morgan fingerprint density at radius 3 is 2.62 bits per heavy atom. The van der Waals surface area contributed by atoms with Crippen molar-refractivity contribution in [2.45, 2.75) is 32.2 Å². The molecule has 2 aliphatic heterocycles. The second-order valence-corrected chi connectivity index (χ2v) is 7.19. The maximum absolute atomic E-state index is 12.3. The van der Waals surface area contributed by atoms with Crippen LogP contribution in [0.25, 0.3) is 11.0 Å². The van der Waals surface area contributed by atoms with Gasteiger partial charge in [-0.25, -0.2) is 4.98 Å². The van der Waals surface area contributed by atoms with Gasteiger partial charge in [0.25, 0.3) is 0 Å². The van der Waals surface area contributed by atoms with Gasteiger partial charge >= 0.3 is 0 Å². The first-order valence-electron chi connectivity index (χ1n) is 9.19. The fraction of sp³-hybridized carbons (Fsp3) is 0.579. The van der Waals surface area contributed by atoms with E-state index in [0.717, 1.165) is 38.2 Å². The Morgan fingerprint density at radius 2 is 1.83 bits per heavy atom. The number of hydrogen-bond acceptors (Lipinski definition) is 3. The van der Waals surface area contributed by atoms with Crippen LogP contribution in [0.15, 0.2) is 30.6 Å². The number of piperidine rings is 1. The fourth-order valence-electron chi connectivity index (χ4n) is 4.02. The molecule has 4 rings (SSSR count). The van der Waals surface area contributed by atoms with E-state index in [2.05, 4.69) is 32.7 Å². The SMILES string of the molecule is O=C(CN1CCC(Cn2cnc3ccccc32)CC1)N1CCCC1. The van der Waals surface area contributed by atoms with E-state index in [1.165, 1.54) is 31.2 Å². The Bertz CT molecular complexity index is 696. The lowest BCUT2D eigenvalue weighted by atomic mass is 9.96. The average molecular weight is 326 g/mol. The number of fused-ring (bicyclic) bond motifs is 1. The molecule has 0 spiro atoms. The number of amides is 1. The Labute approximate surface area is 143 Å². The Morgan fingerprint density at radius 1 is 1.08 bits per heavy atom. The first kappa shape index (κ1) is 15.6. The van der Waals surface area contributed by atoms with E-state index in [4.69, 9.17) is 0 Å². The van der Waals surface area contributed by atoms with Gasteiger partial charge in [0, 0.05) is 19.6 Å². The molecule has 2 fully saturated rings. The summed E-state index contributed by atoms with van der Waals surface area (Å²) in [7, 11) is 0. The molecule has 0 bridgehead atoms. The molecular formula is C19H26N4O. The molecule has 128 valence electrons. The van der Waals surface area contributed by atoms with Crippen LogP contribution < -0.4 is 0 Å². The Hall–Kier alpha value is -1.88. The van der Waals surface area contributed by atoms with Gasteiger partial charge in [0.15, 0.2) is 0 Å². The molecule has 0 radical (unpaired) electrons. The minimum Gasteiger partial charge on any atom is -0.342 e. The number of para-hydroxylation sites is 2. The molecule has 5 heteroatoms. The van der Waals surface area contributed by atoms with Gasteiger partial charge < -0.3 is 9.47 Å². The third-order valence-electron chi connectivity index (χ3n) is 5.51. The molecule has 5 nitrogen and oxygen atoms in total. The number of likely N-dealkylation sites (tertiary alicyclic amines) is 2. The number of aromatic nitrogens is 2. The lowest BCUT2D eigenvalue weighted by molar-refractivity contribution is -0.131. The molecule has 0 aliphatic carbocycles. The van der Waals surface area contributed by atoms with Crippen molar-refractivity contribution in [3.8, 4) is 0 Å². The highest BCUT2D eigenvalue weighted by Gasteiger charge is 2.24. The molecule has 0 N–H and O–H groups in total. The number of hydrogen-bond donors (Lipinski definition) is 0. The zero-order chi connectivity index (χ0) is 16.4. The molecule has 2 aromatic rings. The van der Waals surface area contributed by atoms with Crippen LogP contribution in [0.5, 0.6) is 0 Å². The monoisotopic (exact) mass is 326 g/mol. The van der Waals surface area contributed by atoms with Crippen molar-refractivity contribution >= 4 is 16.9 Å². The third-order valence-corrected chi connectivity index (χ3v) is 5.51. The van der Waals surface area contributed by atoms with Crippen molar-refractivity contribution in [3.63, 3.8) is 0 Å². The minimum atomic E-state index is 0.326. The predicted molar refractivity (Wildman–Crippen MR) is 94.7 cm³/mol. The first-order chi connectivity index (χ1) is 11.8. The molecule has 1 aromatic carbocycles. The highest BCUT2D eigenvalue weighted by Crippen LogP contribution is 2.22. The van der Waals surface area contributed by atoms with E-state index in [1.807, 2.05) is 17.3 Å². The van der Waals surface area contributed by atoms with Gasteiger partial charge in [-0.3, -0.25) is 9.69 Å². The summed E-state index contributed by atoms with van der Waals surface area (Å²) in [5.74, 6) is 1.01. The summed E-state index contributed by atoms with van der Waals surface area (Å²) in [5.41, 5.74) is 2.30. The van der Waals surface area contributed by atoms with Crippen LogP contribution in [-0.4, -0.2) is 58.0 Å². The molecule has 24 heavy (non-hydrogen) atoms. The Kier molecular flexibility index (Phi) is 4.52. The van der Waals surface area contributed by atoms with Gasteiger partial charge in [-0.1, -0.05) is 12.1 Å². The van der Waals surface area contributed by atoms with Crippen molar-refractivity contribution in [3.05, 3.63) is 30.6 Å². The maximum atomic E-state index is 12.3. The molecule has 2 aliphatic rings. The number of carbonyl (C=O) groups excluding carboxylic acids is 1. The summed E-state index contributed by atoms with van der Waals surface area (Å²) < 4.78 is 2.28. The molecule has 3 heterocycles. The second-order valence-electron chi connectivity index (χ2n) is 7.19. The summed E-state index contributed by atoms with van der Waals surface area (Å²) >= 11 is 0. The first-order valence-corrected chi connectivity index (χ1v) is 9.19. The number of carbonyl (C=O) groups is 1. The van der Waals surface area contributed by atoms with Crippen LogP contribution in [-0.2, 0) is 11.3 Å². The van der Waals surface area contributed by atoms with Crippen LogP contribution in [0.3, 0.4) is 0 Å². The zero-order valence-corrected chi connectivity index (χ0v) is 14.2. The highest BCUT2D eigenvalue weighted by molar-refractivity contribution is 5.78. The average Bonchev–Trinajstić information content (AvgIpc) is 3.27. The lowest BCUT2D eigenvalue weighted by Gasteiger charge is -2.32. The molecular weight excluding hydrogens is 300 g/mol. The summed E-state index contributed by atoms with van der Waals surface area (Å²) in [5, 5.41) is 0. The van der Waals surface area contributed by atoms with Gasteiger partial charge in [0.2, 0.25) is 5.91 Å². The van der Waals surface area contributed by atoms with E-state index in [0.29, 0.717) is 18.4 Å². The minimum absolute atomic E-state index is 0.326. The summed E-state index contributed by atoms with van der Waals surface area (Å²) in [6, 6.07) is 8.33. The predicted octanol–water partition coefficient (Wildman–Crippen LogP) is 2.37. The largest absolute Gasteiger partial charge is 0.342 e. The summed E-state index contributed by atoms with van der Waals surface area (Å²) in [6.45, 7) is 5.65. The number of benzene rings is 1. The molecule has 0 unspecified atom stereocenters. The van der Waals surface area contributed by atoms with Gasteiger partial charge in [0.05, 0.1) is 23.9 Å². The van der Waals surface area contributed by atoms with Crippen molar-refractivity contribution in [1.29, 1.82) is 0 Å². The standard InChI is InChI=1S/C19H26N4O/c24-19(22-9-3-4-10-22)14-21-11-7-16(8-12-21)13-23-15-20-17-5-1-2-6-18(17)23/h1-2,5-6,15-16H,3-4,7-14H2. The highest BCUT2D eigenvalue weighted by atomic mass is 16.2. The second kappa shape index (κ2) is 6.93. The van der Waals surface area contributed by atoms with Gasteiger partial charge in [-0.05, 0) is 56.8 Å². The molecule has 1 amide bonds. The van der Waals surface area contributed by atoms with E-state index < -0.39 is 0 Å². The van der Waals surface area contributed by atoms with Crippen LogP contribution in [0.2, 0.25) is 0 Å². The van der Waals surface area contributed by atoms with Gasteiger partial charge in [-0.2, -0.15) is 0 Å². The van der Waals surface area contributed by atoms with Crippen molar-refractivity contribution in [2.75, 3.05) is 32.7 Å². The van der Waals surface area contributed by atoms with Crippen LogP contribution in [0.1, 0.15) is 25.7 Å². The van der Waals surface area contributed by atoms with Crippen LogP contribution >= 0.6 is 0 Å². The van der Waals surface area contributed by atoms with Crippen molar-refractivity contribution in [1.82, 2.24) is 19.4 Å². The summed E-state index contributed by atoms with van der Waals surface area (Å²) in [6.07, 6.45) is 6.65. The molecule has 1 aromatic heterocycles. The number of nitrogens with zero attached hydrogens (tertiary/aromatic N) is 4. The smallest absolute Gasteiger partial charge is 0.236 e. The quantitative estimate of drug-likeness (QED) is 0.866. The van der Waals surface area contributed by atoms with Gasteiger partial charge in [0.1, 0.15) is 0 Å². The molecule has 2 saturated heterocycles. The topological polar surface area (TPSA) is 41.4 Å². The Balaban J connectivity index is 1.29. The van der Waals surface area contributed by atoms with Crippen LogP contribution in [0, 0.1) is 5.92 Å².